The standard InChI is InChI=1S/C9H17N3O4/c1-6(2)12(5-9(15)16)4-8(14)11-10-7(3)13/h6H,4-5H2,1-3H3,(H,10,13)(H,11,14)(H,15,16). The molecule has 0 aromatic carbocycles. The number of rotatable bonds is 5. The monoisotopic (exact) mass is 231 g/mol. The fourth-order valence-electron chi connectivity index (χ4n) is 0.976. The highest BCUT2D eigenvalue weighted by Gasteiger charge is 2.16. The quantitative estimate of drug-likeness (QED) is 0.524. The maximum atomic E-state index is 11.3. The van der Waals surface area contributed by atoms with E-state index in [1.54, 1.807) is 13.8 Å². The van der Waals surface area contributed by atoms with Crippen LogP contribution in [0.25, 0.3) is 0 Å². The number of carbonyl (C=O) groups excluding carboxylic acids is 2. The van der Waals surface area contributed by atoms with Crippen LogP contribution in [0.1, 0.15) is 20.8 Å². The van der Waals surface area contributed by atoms with E-state index < -0.39 is 11.9 Å². The summed E-state index contributed by atoms with van der Waals surface area (Å²) in [5.74, 6) is -1.84. The molecular weight excluding hydrogens is 214 g/mol. The average molecular weight is 231 g/mol. The van der Waals surface area contributed by atoms with Crippen LogP contribution < -0.4 is 10.9 Å². The van der Waals surface area contributed by atoms with E-state index in [0.717, 1.165) is 0 Å². The van der Waals surface area contributed by atoms with Gasteiger partial charge in [0.25, 0.3) is 5.91 Å². The number of carbonyl (C=O) groups is 3. The summed E-state index contributed by atoms with van der Waals surface area (Å²) in [4.78, 5) is 33.8. The number of aliphatic carboxylic acids is 1. The molecule has 0 fully saturated rings. The molecule has 0 rings (SSSR count). The smallest absolute Gasteiger partial charge is 0.317 e. The summed E-state index contributed by atoms with van der Waals surface area (Å²) in [6, 6.07) is -0.0702. The van der Waals surface area contributed by atoms with Gasteiger partial charge in [-0.05, 0) is 13.8 Å². The highest BCUT2D eigenvalue weighted by Crippen LogP contribution is 1.96. The Bertz CT molecular complexity index is 278. The summed E-state index contributed by atoms with van der Waals surface area (Å²) >= 11 is 0. The highest BCUT2D eigenvalue weighted by molar-refractivity contribution is 5.82. The number of nitrogens with zero attached hydrogens (tertiary/aromatic N) is 1. The van der Waals surface area contributed by atoms with Crippen molar-refractivity contribution in [1.82, 2.24) is 15.8 Å². The van der Waals surface area contributed by atoms with Crippen molar-refractivity contribution < 1.29 is 19.5 Å². The fraction of sp³-hybridized carbons (Fsp3) is 0.667. The lowest BCUT2D eigenvalue weighted by Gasteiger charge is -2.23. The lowest BCUT2D eigenvalue weighted by molar-refractivity contribution is -0.139. The molecule has 0 unspecified atom stereocenters. The van der Waals surface area contributed by atoms with Gasteiger partial charge in [0.1, 0.15) is 0 Å². The number of hydrogen-bond acceptors (Lipinski definition) is 4. The third-order valence-electron chi connectivity index (χ3n) is 1.79. The SMILES string of the molecule is CC(=O)NNC(=O)CN(CC(=O)O)C(C)C. The first-order chi connectivity index (χ1) is 7.32. The van der Waals surface area contributed by atoms with Gasteiger partial charge in [-0.3, -0.25) is 30.1 Å². The van der Waals surface area contributed by atoms with Crippen LogP contribution in [0.15, 0.2) is 0 Å². The van der Waals surface area contributed by atoms with E-state index in [4.69, 9.17) is 5.11 Å². The molecule has 3 N–H and O–H groups in total. The van der Waals surface area contributed by atoms with Crippen molar-refractivity contribution in [2.24, 2.45) is 0 Å². The molecule has 7 heteroatoms. The fourth-order valence-corrected chi connectivity index (χ4v) is 0.976. The molecule has 0 aliphatic rings. The van der Waals surface area contributed by atoms with Crippen LogP contribution in [0, 0.1) is 0 Å². The third-order valence-corrected chi connectivity index (χ3v) is 1.79. The van der Waals surface area contributed by atoms with Crippen molar-refractivity contribution in [2.45, 2.75) is 26.8 Å². The zero-order chi connectivity index (χ0) is 12.7. The predicted molar refractivity (Wildman–Crippen MR) is 56.3 cm³/mol. The number of carboxylic acids is 1. The molecule has 0 spiro atoms. The Kier molecular flexibility index (Phi) is 6.09. The van der Waals surface area contributed by atoms with Gasteiger partial charge in [0.05, 0.1) is 13.1 Å². The van der Waals surface area contributed by atoms with Gasteiger partial charge in [0.15, 0.2) is 0 Å². The Balaban J connectivity index is 4.13. The van der Waals surface area contributed by atoms with Crippen LogP contribution in [0.5, 0.6) is 0 Å². The molecule has 0 aliphatic heterocycles. The van der Waals surface area contributed by atoms with Gasteiger partial charge in [-0.1, -0.05) is 0 Å². The minimum atomic E-state index is -0.999. The first kappa shape index (κ1) is 14.4. The lowest BCUT2D eigenvalue weighted by Crippen LogP contribution is -2.48. The molecular formula is C9H17N3O4. The maximum Gasteiger partial charge on any atom is 0.317 e. The molecule has 0 radical (unpaired) electrons. The van der Waals surface area contributed by atoms with E-state index in [2.05, 4.69) is 10.9 Å². The topological polar surface area (TPSA) is 98.7 Å². The van der Waals surface area contributed by atoms with Gasteiger partial charge < -0.3 is 5.11 Å². The second-order valence-corrected chi connectivity index (χ2v) is 3.62. The van der Waals surface area contributed by atoms with E-state index >= 15 is 0 Å². The molecule has 0 heterocycles. The van der Waals surface area contributed by atoms with Crippen molar-refractivity contribution in [2.75, 3.05) is 13.1 Å². The summed E-state index contributed by atoms with van der Waals surface area (Å²) in [5, 5.41) is 8.62. The first-order valence-corrected chi connectivity index (χ1v) is 4.84. The normalized spacial score (nSPS) is 10.3. The van der Waals surface area contributed by atoms with Crippen LogP contribution >= 0.6 is 0 Å². The number of carboxylic acid groups (broad SMARTS) is 1. The van der Waals surface area contributed by atoms with Crippen LogP contribution in [0.3, 0.4) is 0 Å². The molecule has 0 atom stereocenters. The Morgan fingerprint density at radius 3 is 2.12 bits per heavy atom. The van der Waals surface area contributed by atoms with E-state index in [-0.39, 0.29) is 25.0 Å². The molecule has 2 amide bonds. The third kappa shape index (κ3) is 6.77. The number of hydrazine groups is 1. The average Bonchev–Trinajstić information content (AvgIpc) is 2.12. The summed E-state index contributed by atoms with van der Waals surface area (Å²) in [5.41, 5.74) is 4.30. The minimum Gasteiger partial charge on any atom is -0.480 e. The van der Waals surface area contributed by atoms with Gasteiger partial charge >= 0.3 is 5.97 Å². The van der Waals surface area contributed by atoms with Crippen molar-refractivity contribution in [3.05, 3.63) is 0 Å². The molecule has 0 saturated carbocycles. The Hall–Kier alpha value is -1.63. The van der Waals surface area contributed by atoms with E-state index in [0.29, 0.717) is 0 Å². The largest absolute Gasteiger partial charge is 0.480 e. The van der Waals surface area contributed by atoms with Crippen LogP contribution in [-0.4, -0.2) is 46.9 Å². The van der Waals surface area contributed by atoms with Crippen LogP contribution in [0.4, 0.5) is 0 Å². The minimum absolute atomic E-state index is 0.0702. The van der Waals surface area contributed by atoms with Crippen molar-refractivity contribution in [3.8, 4) is 0 Å². The molecule has 0 aromatic heterocycles. The van der Waals surface area contributed by atoms with Crippen molar-refractivity contribution >= 4 is 17.8 Å². The lowest BCUT2D eigenvalue weighted by atomic mass is 10.3. The summed E-state index contributed by atoms with van der Waals surface area (Å²) in [7, 11) is 0. The highest BCUT2D eigenvalue weighted by atomic mass is 16.4. The summed E-state index contributed by atoms with van der Waals surface area (Å²) in [6.45, 7) is 4.54. The van der Waals surface area contributed by atoms with E-state index in [1.165, 1.54) is 11.8 Å². The second-order valence-electron chi connectivity index (χ2n) is 3.62. The maximum absolute atomic E-state index is 11.3. The molecule has 0 saturated heterocycles. The number of hydrogen-bond donors (Lipinski definition) is 3. The van der Waals surface area contributed by atoms with Crippen LogP contribution in [-0.2, 0) is 14.4 Å². The summed E-state index contributed by atoms with van der Waals surface area (Å²) in [6.07, 6.45) is 0. The molecule has 0 bridgehead atoms. The molecule has 92 valence electrons. The number of amides is 2. The Morgan fingerprint density at radius 1 is 1.19 bits per heavy atom. The first-order valence-electron chi connectivity index (χ1n) is 4.84. The van der Waals surface area contributed by atoms with Crippen molar-refractivity contribution in [1.29, 1.82) is 0 Å². The van der Waals surface area contributed by atoms with E-state index in [9.17, 15) is 14.4 Å². The van der Waals surface area contributed by atoms with Crippen LogP contribution in [0.2, 0.25) is 0 Å². The van der Waals surface area contributed by atoms with Gasteiger partial charge in [-0.2, -0.15) is 0 Å². The van der Waals surface area contributed by atoms with Gasteiger partial charge in [-0.25, -0.2) is 0 Å². The van der Waals surface area contributed by atoms with Gasteiger partial charge in [0.2, 0.25) is 5.91 Å². The molecule has 7 nitrogen and oxygen atoms in total. The summed E-state index contributed by atoms with van der Waals surface area (Å²) < 4.78 is 0. The number of nitrogens with one attached hydrogen (secondary N) is 2. The zero-order valence-corrected chi connectivity index (χ0v) is 9.61. The predicted octanol–water partition coefficient (Wildman–Crippen LogP) is -1.05. The molecule has 0 aromatic rings. The van der Waals surface area contributed by atoms with Gasteiger partial charge in [0, 0.05) is 13.0 Å². The second kappa shape index (κ2) is 6.78. The van der Waals surface area contributed by atoms with E-state index in [1.807, 2.05) is 0 Å². The molecule has 0 aliphatic carbocycles. The Morgan fingerprint density at radius 2 is 1.75 bits per heavy atom. The molecule has 16 heavy (non-hydrogen) atoms. The Labute approximate surface area is 93.8 Å². The zero-order valence-electron chi connectivity index (χ0n) is 9.61. The van der Waals surface area contributed by atoms with Crippen molar-refractivity contribution in [3.63, 3.8) is 0 Å². The van der Waals surface area contributed by atoms with Gasteiger partial charge in [-0.15, -0.1) is 0 Å².